The van der Waals surface area contributed by atoms with Crippen LogP contribution < -0.4 is 10.5 Å². The van der Waals surface area contributed by atoms with Gasteiger partial charge in [-0.3, -0.25) is 4.72 Å². The molecule has 7 heteroatoms. The molecule has 1 aromatic heterocycles. The molecule has 0 saturated carbocycles. The fourth-order valence-electron chi connectivity index (χ4n) is 1.46. The van der Waals surface area contributed by atoms with Crippen LogP contribution in [0, 0.1) is 12.7 Å². The molecule has 0 fully saturated rings. The van der Waals surface area contributed by atoms with E-state index < -0.39 is 15.8 Å². The lowest BCUT2D eigenvalue weighted by atomic mass is 10.2. The first kappa shape index (κ1) is 14.0. The minimum atomic E-state index is -3.69. The molecule has 2 aromatic rings. The van der Waals surface area contributed by atoms with E-state index in [-0.39, 0.29) is 16.4 Å². The van der Waals surface area contributed by atoms with E-state index in [9.17, 15) is 12.8 Å². The van der Waals surface area contributed by atoms with Crippen LogP contribution in [0.2, 0.25) is 0 Å². The molecule has 0 saturated heterocycles. The third-order valence-corrected chi connectivity index (χ3v) is 5.42. The first-order valence-electron chi connectivity index (χ1n) is 5.49. The summed E-state index contributed by atoms with van der Waals surface area (Å²) in [5.74, 6) is -0.450. The highest BCUT2D eigenvalue weighted by Gasteiger charge is 2.17. The van der Waals surface area contributed by atoms with E-state index in [0.717, 1.165) is 23.0 Å². The number of sulfonamides is 1. The van der Waals surface area contributed by atoms with Crippen LogP contribution in [0.1, 0.15) is 11.1 Å². The Bertz CT molecular complexity index is 696. The van der Waals surface area contributed by atoms with Gasteiger partial charge < -0.3 is 5.73 Å². The molecule has 0 unspecified atom stereocenters. The molecule has 4 nitrogen and oxygen atoms in total. The van der Waals surface area contributed by atoms with Crippen LogP contribution >= 0.6 is 11.3 Å². The molecule has 0 spiro atoms. The van der Waals surface area contributed by atoms with Gasteiger partial charge in [0.2, 0.25) is 0 Å². The molecule has 1 aromatic carbocycles. The third kappa shape index (κ3) is 3.12. The standard InChI is InChI=1S/C12H13FN2O2S2/c1-8-2-3-10(5-11(8)13)15-19(16,17)12-4-9(6-14)7-18-12/h2-5,7,15H,6,14H2,1H3. The maximum atomic E-state index is 13.4. The average Bonchev–Trinajstić information content (AvgIpc) is 2.83. The predicted octanol–water partition coefficient (Wildman–Crippen LogP) is 2.46. The summed E-state index contributed by atoms with van der Waals surface area (Å²) in [6, 6.07) is 5.71. The van der Waals surface area contributed by atoms with Gasteiger partial charge in [-0.25, -0.2) is 12.8 Å². The van der Waals surface area contributed by atoms with Gasteiger partial charge in [0.1, 0.15) is 10.0 Å². The van der Waals surface area contributed by atoms with Crippen molar-refractivity contribution in [2.45, 2.75) is 17.7 Å². The van der Waals surface area contributed by atoms with Gasteiger partial charge in [0.25, 0.3) is 10.0 Å². The summed E-state index contributed by atoms with van der Waals surface area (Å²) in [5, 5.41) is 1.68. The first-order chi connectivity index (χ1) is 8.92. The topological polar surface area (TPSA) is 72.2 Å². The van der Waals surface area contributed by atoms with E-state index in [1.54, 1.807) is 12.3 Å². The molecule has 102 valence electrons. The average molecular weight is 300 g/mol. The summed E-state index contributed by atoms with van der Waals surface area (Å²) in [7, 11) is -3.69. The van der Waals surface area contributed by atoms with Gasteiger partial charge in [0.15, 0.2) is 0 Å². The Morgan fingerprint density at radius 2 is 2.11 bits per heavy atom. The summed E-state index contributed by atoms with van der Waals surface area (Å²) in [6.07, 6.45) is 0. The van der Waals surface area contributed by atoms with Crippen molar-refractivity contribution < 1.29 is 12.8 Å². The molecular weight excluding hydrogens is 287 g/mol. The van der Waals surface area contributed by atoms with Crippen LogP contribution in [0.25, 0.3) is 0 Å². The highest BCUT2D eigenvalue weighted by molar-refractivity contribution is 7.94. The van der Waals surface area contributed by atoms with Gasteiger partial charge in [-0.1, -0.05) is 6.07 Å². The van der Waals surface area contributed by atoms with Crippen molar-refractivity contribution in [1.82, 2.24) is 0 Å². The van der Waals surface area contributed by atoms with Crippen molar-refractivity contribution in [3.8, 4) is 0 Å². The summed E-state index contributed by atoms with van der Waals surface area (Å²) in [6.45, 7) is 1.89. The molecule has 0 atom stereocenters. The molecule has 0 aliphatic rings. The molecule has 0 radical (unpaired) electrons. The number of rotatable bonds is 4. The van der Waals surface area contributed by atoms with Crippen LogP contribution in [-0.4, -0.2) is 8.42 Å². The van der Waals surface area contributed by atoms with Gasteiger partial charge in [0, 0.05) is 6.54 Å². The Labute approximate surface area is 115 Å². The number of aryl methyl sites for hydroxylation is 1. The molecule has 0 bridgehead atoms. The molecule has 0 aliphatic heterocycles. The lowest BCUT2D eigenvalue weighted by Gasteiger charge is -2.07. The van der Waals surface area contributed by atoms with Crippen LogP contribution in [0.3, 0.4) is 0 Å². The van der Waals surface area contributed by atoms with Crippen molar-refractivity contribution >= 4 is 27.0 Å². The second-order valence-electron chi connectivity index (χ2n) is 4.05. The van der Waals surface area contributed by atoms with Crippen molar-refractivity contribution in [2.24, 2.45) is 5.73 Å². The Morgan fingerprint density at radius 1 is 1.37 bits per heavy atom. The minimum absolute atomic E-state index is 0.161. The van der Waals surface area contributed by atoms with Crippen LogP contribution in [0.5, 0.6) is 0 Å². The molecular formula is C12H13FN2O2S2. The molecule has 0 aliphatic carbocycles. The van der Waals surface area contributed by atoms with Crippen molar-refractivity contribution in [2.75, 3.05) is 4.72 Å². The van der Waals surface area contributed by atoms with E-state index in [4.69, 9.17) is 5.73 Å². The lowest BCUT2D eigenvalue weighted by Crippen LogP contribution is -2.11. The largest absolute Gasteiger partial charge is 0.326 e. The number of halogens is 1. The number of hydrogen-bond donors (Lipinski definition) is 2. The molecule has 3 N–H and O–H groups in total. The monoisotopic (exact) mass is 300 g/mol. The smallest absolute Gasteiger partial charge is 0.271 e. The summed E-state index contributed by atoms with van der Waals surface area (Å²) in [4.78, 5) is 0. The summed E-state index contributed by atoms with van der Waals surface area (Å²) >= 11 is 1.08. The summed E-state index contributed by atoms with van der Waals surface area (Å²) < 4.78 is 40.0. The van der Waals surface area contributed by atoms with Crippen molar-refractivity contribution in [3.63, 3.8) is 0 Å². The van der Waals surface area contributed by atoms with E-state index in [1.165, 1.54) is 18.2 Å². The van der Waals surface area contributed by atoms with Crippen LogP contribution in [-0.2, 0) is 16.6 Å². The SMILES string of the molecule is Cc1ccc(NS(=O)(=O)c2cc(CN)cs2)cc1F. The highest BCUT2D eigenvalue weighted by atomic mass is 32.2. The Balaban J connectivity index is 2.28. The van der Waals surface area contributed by atoms with Crippen LogP contribution in [0.15, 0.2) is 33.9 Å². The van der Waals surface area contributed by atoms with E-state index in [2.05, 4.69) is 4.72 Å². The zero-order valence-corrected chi connectivity index (χ0v) is 11.8. The van der Waals surface area contributed by atoms with Crippen molar-refractivity contribution in [1.29, 1.82) is 0 Å². The number of thiophene rings is 1. The summed E-state index contributed by atoms with van der Waals surface area (Å²) in [5.41, 5.74) is 6.85. The number of hydrogen-bond acceptors (Lipinski definition) is 4. The van der Waals surface area contributed by atoms with Gasteiger partial charge >= 0.3 is 0 Å². The van der Waals surface area contributed by atoms with Gasteiger partial charge in [-0.05, 0) is 41.6 Å². The molecule has 19 heavy (non-hydrogen) atoms. The van der Waals surface area contributed by atoms with E-state index in [0.29, 0.717) is 5.56 Å². The molecule has 0 amide bonds. The fraction of sp³-hybridized carbons (Fsp3) is 0.167. The van der Waals surface area contributed by atoms with Crippen LogP contribution in [0.4, 0.5) is 10.1 Å². The molecule has 1 heterocycles. The maximum absolute atomic E-state index is 13.4. The van der Waals surface area contributed by atoms with Gasteiger partial charge in [0.05, 0.1) is 5.69 Å². The first-order valence-corrected chi connectivity index (χ1v) is 7.85. The minimum Gasteiger partial charge on any atom is -0.326 e. The Morgan fingerprint density at radius 3 is 2.68 bits per heavy atom. The van der Waals surface area contributed by atoms with E-state index >= 15 is 0 Å². The number of nitrogens with one attached hydrogen (secondary N) is 1. The maximum Gasteiger partial charge on any atom is 0.271 e. The number of benzene rings is 1. The predicted molar refractivity (Wildman–Crippen MR) is 74.2 cm³/mol. The lowest BCUT2D eigenvalue weighted by molar-refractivity contribution is 0.602. The number of anilines is 1. The van der Waals surface area contributed by atoms with Gasteiger partial charge in [-0.2, -0.15) is 0 Å². The molecule has 2 rings (SSSR count). The Kier molecular flexibility index (Phi) is 3.88. The van der Waals surface area contributed by atoms with E-state index in [1.807, 2.05) is 0 Å². The second-order valence-corrected chi connectivity index (χ2v) is 6.87. The zero-order chi connectivity index (χ0) is 14.0. The second kappa shape index (κ2) is 5.28. The van der Waals surface area contributed by atoms with Gasteiger partial charge in [-0.15, -0.1) is 11.3 Å². The Hall–Kier alpha value is -1.44. The fourth-order valence-corrected chi connectivity index (χ4v) is 3.73. The van der Waals surface area contributed by atoms with Crippen molar-refractivity contribution in [3.05, 3.63) is 46.6 Å². The third-order valence-electron chi connectivity index (χ3n) is 2.55. The number of nitrogens with two attached hydrogens (primary N) is 1. The quantitative estimate of drug-likeness (QED) is 0.911. The zero-order valence-electron chi connectivity index (χ0n) is 10.2. The highest BCUT2D eigenvalue weighted by Crippen LogP contribution is 2.23. The normalized spacial score (nSPS) is 11.5.